The monoisotopic (exact) mass is 465 g/mol. The van der Waals surface area contributed by atoms with Crippen LogP contribution in [0.2, 0.25) is 5.02 Å². The van der Waals surface area contributed by atoms with Gasteiger partial charge >= 0.3 is 0 Å². The summed E-state index contributed by atoms with van der Waals surface area (Å²) in [6.07, 6.45) is 5.49. The van der Waals surface area contributed by atoms with Crippen LogP contribution in [0.1, 0.15) is 66.3 Å². The lowest BCUT2D eigenvalue weighted by atomic mass is 9.89. The molecule has 4 rings (SSSR count). The first-order chi connectivity index (χ1) is 15.9. The fourth-order valence-electron chi connectivity index (χ4n) is 4.41. The van der Waals surface area contributed by atoms with E-state index >= 15 is 0 Å². The lowest BCUT2D eigenvalue weighted by Gasteiger charge is -2.22. The Morgan fingerprint density at radius 1 is 1.06 bits per heavy atom. The van der Waals surface area contributed by atoms with Crippen molar-refractivity contribution < 1.29 is 9.59 Å². The third-order valence-corrected chi connectivity index (χ3v) is 6.38. The maximum absolute atomic E-state index is 12.9. The number of H-pyrrole nitrogens is 1. The van der Waals surface area contributed by atoms with Gasteiger partial charge in [0.15, 0.2) is 5.78 Å². The highest BCUT2D eigenvalue weighted by molar-refractivity contribution is 6.31. The topological polar surface area (TPSA) is 83.1 Å². The zero-order chi connectivity index (χ0) is 23.4. The van der Waals surface area contributed by atoms with Crippen molar-refractivity contribution in [2.24, 2.45) is 0 Å². The molecule has 1 aromatic heterocycles. The Balaban J connectivity index is 1.43. The maximum atomic E-state index is 12.9. The molecule has 0 atom stereocenters. The number of fused-ring (bicyclic) bond motifs is 2. The van der Waals surface area contributed by atoms with Crippen LogP contribution in [0.3, 0.4) is 0 Å². The van der Waals surface area contributed by atoms with E-state index in [0.29, 0.717) is 33.9 Å². The zero-order valence-electron chi connectivity index (χ0n) is 18.8. The third-order valence-electron chi connectivity index (χ3n) is 6.14. The standard InChI is InChI=1S/C26H28ClN3O3/c1-2-13-30(16-24-28-22-15-20(27)9-10-21(22)26(33)29-24)25(32)12-11-23(31)19-8-7-17-5-3-4-6-18(17)14-19/h7-10,14-15H,2-6,11-13,16H2,1H3,(H,28,29,33). The van der Waals surface area contributed by atoms with Crippen LogP contribution < -0.4 is 5.56 Å². The quantitative estimate of drug-likeness (QED) is 0.481. The minimum absolute atomic E-state index is 0.0138. The number of rotatable bonds is 8. The molecule has 1 amide bonds. The molecular weight excluding hydrogens is 438 g/mol. The second-order valence-electron chi connectivity index (χ2n) is 8.60. The molecular formula is C26H28ClN3O3. The fourth-order valence-corrected chi connectivity index (χ4v) is 4.57. The van der Waals surface area contributed by atoms with Gasteiger partial charge < -0.3 is 9.88 Å². The smallest absolute Gasteiger partial charge is 0.258 e. The second kappa shape index (κ2) is 10.3. The SMILES string of the molecule is CCCN(Cc1nc2cc(Cl)ccc2c(=O)[nH]1)C(=O)CCC(=O)c1ccc2c(c1)CCCC2. The van der Waals surface area contributed by atoms with Gasteiger partial charge in [0, 0.05) is 30.0 Å². The van der Waals surface area contributed by atoms with Crippen LogP contribution in [-0.2, 0) is 24.2 Å². The molecule has 0 saturated carbocycles. The maximum Gasteiger partial charge on any atom is 0.258 e. The first kappa shape index (κ1) is 23.2. The number of aromatic amines is 1. The highest BCUT2D eigenvalue weighted by Gasteiger charge is 2.18. The average Bonchev–Trinajstić information content (AvgIpc) is 2.81. The minimum atomic E-state index is -0.266. The summed E-state index contributed by atoms with van der Waals surface area (Å²) in [5.74, 6) is 0.259. The van der Waals surface area contributed by atoms with E-state index in [-0.39, 0.29) is 36.6 Å². The van der Waals surface area contributed by atoms with E-state index < -0.39 is 0 Å². The van der Waals surface area contributed by atoms with Crippen molar-refractivity contribution in [3.63, 3.8) is 0 Å². The molecule has 0 aliphatic heterocycles. The number of amides is 1. The van der Waals surface area contributed by atoms with E-state index in [2.05, 4.69) is 16.0 Å². The average molecular weight is 466 g/mol. The van der Waals surface area contributed by atoms with Gasteiger partial charge in [-0.05, 0) is 67.5 Å². The van der Waals surface area contributed by atoms with Crippen molar-refractivity contribution >= 4 is 34.2 Å². The van der Waals surface area contributed by atoms with Gasteiger partial charge in [0.2, 0.25) is 5.91 Å². The molecule has 0 spiro atoms. The van der Waals surface area contributed by atoms with Crippen LogP contribution in [0.5, 0.6) is 0 Å². The van der Waals surface area contributed by atoms with Crippen LogP contribution in [-0.4, -0.2) is 33.1 Å². The Morgan fingerprint density at radius 2 is 1.85 bits per heavy atom. The first-order valence-corrected chi connectivity index (χ1v) is 11.9. The van der Waals surface area contributed by atoms with Crippen LogP contribution in [0, 0.1) is 0 Å². The summed E-state index contributed by atoms with van der Waals surface area (Å²) in [4.78, 5) is 47.0. The Hall–Kier alpha value is -2.99. The number of Topliss-reactive ketones (excluding diaryl/α,β-unsaturated/α-hetero) is 1. The Morgan fingerprint density at radius 3 is 2.64 bits per heavy atom. The van der Waals surface area contributed by atoms with Crippen molar-refractivity contribution in [1.29, 1.82) is 0 Å². The minimum Gasteiger partial charge on any atom is -0.335 e. The molecule has 0 fully saturated rings. The number of ketones is 1. The molecule has 0 radical (unpaired) electrons. The summed E-state index contributed by atoms with van der Waals surface area (Å²) in [5.41, 5.74) is 3.51. The van der Waals surface area contributed by atoms with Crippen molar-refractivity contribution in [3.05, 3.63) is 74.3 Å². The number of nitrogens with one attached hydrogen (secondary N) is 1. The number of benzene rings is 2. The van der Waals surface area contributed by atoms with Crippen molar-refractivity contribution in [1.82, 2.24) is 14.9 Å². The second-order valence-corrected chi connectivity index (χ2v) is 9.04. The van der Waals surface area contributed by atoms with Gasteiger partial charge in [-0.1, -0.05) is 30.7 Å². The number of hydrogen-bond acceptors (Lipinski definition) is 4. The van der Waals surface area contributed by atoms with Crippen LogP contribution >= 0.6 is 11.6 Å². The van der Waals surface area contributed by atoms with Crippen LogP contribution in [0.15, 0.2) is 41.2 Å². The molecule has 0 bridgehead atoms. The number of aryl methyl sites for hydroxylation is 2. The number of halogens is 1. The van der Waals surface area contributed by atoms with E-state index in [4.69, 9.17) is 11.6 Å². The van der Waals surface area contributed by atoms with E-state index in [0.717, 1.165) is 25.7 Å². The zero-order valence-corrected chi connectivity index (χ0v) is 19.6. The van der Waals surface area contributed by atoms with Gasteiger partial charge in [-0.3, -0.25) is 14.4 Å². The molecule has 0 unspecified atom stereocenters. The molecule has 33 heavy (non-hydrogen) atoms. The van der Waals surface area contributed by atoms with Crippen molar-refractivity contribution in [2.45, 2.75) is 58.4 Å². The molecule has 1 N–H and O–H groups in total. The molecule has 0 saturated heterocycles. The summed E-state index contributed by atoms with van der Waals surface area (Å²) in [7, 11) is 0. The van der Waals surface area contributed by atoms with Crippen LogP contribution in [0.4, 0.5) is 0 Å². The van der Waals surface area contributed by atoms with E-state index in [9.17, 15) is 14.4 Å². The Labute approximate surface area is 198 Å². The number of nitrogens with zero attached hydrogens (tertiary/aromatic N) is 2. The summed E-state index contributed by atoms with van der Waals surface area (Å²) >= 11 is 6.04. The van der Waals surface area contributed by atoms with E-state index in [1.807, 2.05) is 19.1 Å². The number of hydrogen-bond donors (Lipinski definition) is 1. The molecule has 6 nitrogen and oxygen atoms in total. The number of carbonyl (C=O) groups excluding carboxylic acids is 2. The molecule has 2 aromatic carbocycles. The van der Waals surface area contributed by atoms with Crippen molar-refractivity contribution in [3.8, 4) is 0 Å². The summed E-state index contributed by atoms with van der Waals surface area (Å²) in [5, 5.41) is 0.945. The predicted octanol–water partition coefficient (Wildman–Crippen LogP) is 4.86. The lowest BCUT2D eigenvalue weighted by molar-refractivity contribution is -0.131. The van der Waals surface area contributed by atoms with Gasteiger partial charge in [0.05, 0.1) is 17.4 Å². The van der Waals surface area contributed by atoms with E-state index in [1.54, 1.807) is 23.1 Å². The number of aromatic nitrogens is 2. The lowest BCUT2D eigenvalue weighted by Crippen LogP contribution is -2.33. The molecule has 1 aliphatic rings. The van der Waals surface area contributed by atoms with Gasteiger partial charge in [-0.15, -0.1) is 0 Å². The predicted molar refractivity (Wildman–Crippen MR) is 130 cm³/mol. The van der Waals surface area contributed by atoms with Gasteiger partial charge in [-0.2, -0.15) is 0 Å². The highest BCUT2D eigenvalue weighted by Crippen LogP contribution is 2.23. The molecule has 172 valence electrons. The molecule has 3 aromatic rings. The first-order valence-electron chi connectivity index (χ1n) is 11.6. The summed E-state index contributed by atoms with van der Waals surface area (Å²) in [6.45, 7) is 2.68. The molecule has 1 heterocycles. The summed E-state index contributed by atoms with van der Waals surface area (Å²) < 4.78 is 0. The molecule has 1 aliphatic carbocycles. The van der Waals surface area contributed by atoms with E-state index in [1.165, 1.54) is 17.5 Å². The molecule has 7 heteroatoms. The largest absolute Gasteiger partial charge is 0.335 e. The Bertz CT molecular complexity index is 1250. The highest BCUT2D eigenvalue weighted by atomic mass is 35.5. The van der Waals surface area contributed by atoms with Gasteiger partial charge in [0.25, 0.3) is 5.56 Å². The summed E-state index contributed by atoms with van der Waals surface area (Å²) in [6, 6.07) is 10.9. The van der Waals surface area contributed by atoms with Crippen LogP contribution in [0.25, 0.3) is 10.9 Å². The van der Waals surface area contributed by atoms with Gasteiger partial charge in [0.1, 0.15) is 5.82 Å². The van der Waals surface area contributed by atoms with Crippen molar-refractivity contribution in [2.75, 3.05) is 6.54 Å². The third kappa shape index (κ3) is 5.50. The normalized spacial score (nSPS) is 13.0. The number of carbonyl (C=O) groups is 2. The Kier molecular flexibility index (Phi) is 7.23. The van der Waals surface area contributed by atoms with Gasteiger partial charge in [-0.25, -0.2) is 4.98 Å². The fraction of sp³-hybridized carbons (Fsp3) is 0.385.